The highest BCUT2D eigenvalue weighted by molar-refractivity contribution is 14.0. The van der Waals surface area contributed by atoms with Crippen LogP contribution in [0.4, 0.5) is 0 Å². The zero-order chi connectivity index (χ0) is 19.6. The predicted octanol–water partition coefficient (Wildman–Crippen LogP) is 3.04. The van der Waals surface area contributed by atoms with Gasteiger partial charge in [0.1, 0.15) is 6.54 Å². The van der Waals surface area contributed by atoms with E-state index < -0.39 is 0 Å². The number of benzene rings is 1. The summed E-state index contributed by atoms with van der Waals surface area (Å²) in [4.78, 5) is 23.5. The molecule has 0 spiro atoms. The summed E-state index contributed by atoms with van der Waals surface area (Å²) >= 11 is 1.71. The first-order chi connectivity index (χ1) is 13.0. The molecule has 6 nitrogen and oxygen atoms in total. The molecule has 0 aliphatic heterocycles. The molecule has 1 heterocycles. The molecule has 2 N–H and O–H groups in total. The molecule has 0 radical (unpaired) electrons. The van der Waals surface area contributed by atoms with Crippen molar-refractivity contribution >= 4 is 47.2 Å². The summed E-state index contributed by atoms with van der Waals surface area (Å²) in [6, 6.07) is 10.3. The topological polar surface area (TPSA) is 69.6 Å². The van der Waals surface area contributed by atoms with Crippen LogP contribution in [-0.4, -0.2) is 55.5 Å². The molecular weight excluding hydrogens is 485 g/mol. The van der Waals surface area contributed by atoms with Gasteiger partial charge in [0.2, 0.25) is 5.91 Å². The quantitative estimate of drug-likeness (QED) is 0.322. The van der Waals surface area contributed by atoms with Crippen molar-refractivity contribution in [2.24, 2.45) is 4.99 Å². The standard InChI is InChI=1S/C20H29N5OS.HI/c1-15(19-22-13-16(2)27-19)12-23-20(24-14-18(26)25(3)4)21-11-10-17-8-6-5-7-9-17;/h5-9,13,15H,10-12,14H2,1-4H3,(H2,21,23,24);1H. The Balaban J connectivity index is 0.00000392. The molecule has 0 fully saturated rings. The van der Waals surface area contributed by atoms with E-state index in [9.17, 15) is 4.79 Å². The molecule has 0 saturated heterocycles. The van der Waals surface area contributed by atoms with Crippen LogP contribution in [0.5, 0.6) is 0 Å². The van der Waals surface area contributed by atoms with Crippen molar-refractivity contribution in [3.63, 3.8) is 0 Å². The summed E-state index contributed by atoms with van der Waals surface area (Å²) in [5, 5.41) is 7.77. The number of nitrogens with one attached hydrogen (secondary N) is 2. The number of halogens is 1. The van der Waals surface area contributed by atoms with E-state index in [2.05, 4.69) is 46.6 Å². The second kappa shape index (κ2) is 12.7. The van der Waals surface area contributed by atoms with Crippen LogP contribution in [0.25, 0.3) is 0 Å². The first-order valence-corrected chi connectivity index (χ1v) is 9.96. The number of carbonyl (C=O) groups excluding carboxylic acids is 1. The molecule has 1 aromatic carbocycles. The van der Waals surface area contributed by atoms with Gasteiger partial charge in [-0.3, -0.25) is 4.79 Å². The molecule has 0 bridgehead atoms. The Morgan fingerprint density at radius 2 is 1.96 bits per heavy atom. The van der Waals surface area contributed by atoms with Crippen molar-refractivity contribution in [2.45, 2.75) is 26.2 Å². The molecule has 0 saturated carbocycles. The molecular formula is C20H30IN5OS. The molecule has 1 atom stereocenters. The molecule has 8 heteroatoms. The van der Waals surface area contributed by atoms with Gasteiger partial charge in [0.15, 0.2) is 5.96 Å². The molecule has 1 amide bonds. The number of aliphatic imine (C=N–C) groups is 1. The van der Waals surface area contributed by atoms with E-state index in [0.717, 1.165) is 18.0 Å². The van der Waals surface area contributed by atoms with Crippen molar-refractivity contribution in [3.05, 3.63) is 52.0 Å². The number of nitrogens with zero attached hydrogens (tertiary/aromatic N) is 3. The summed E-state index contributed by atoms with van der Waals surface area (Å²) in [5.41, 5.74) is 1.26. The molecule has 2 rings (SSSR count). The van der Waals surface area contributed by atoms with E-state index in [-0.39, 0.29) is 42.3 Å². The first kappa shape index (κ1) is 24.4. The highest BCUT2D eigenvalue weighted by Crippen LogP contribution is 2.20. The Labute approximate surface area is 188 Å². The highest BCUT2D eigenvalue weighted by Gasteiger charge is 2.11. The zero-order valence-electron chi connectivity index (χ0n) is 16.9. The van der Waals surface area contributed by atoms with Crippen LogP contribution in [0.1, 0.15) is 28.3 Å². The largest absolute Gasteiger partial charge is 0.356 e. The highest BCUT2D eigenvalue weighted by atomic mass is 127. The summed E-state index contributed by atoms with van der Waals surface area (Å²) in [6.07, 6.45) is 2.80. The number of aromatic nitrogens is 1. The van der Waals surface area contributed by atoms with E-state index in [0.29, 0.717) is 12.5 Å². The van der Waals surface area contributed by atoms with Gasteiger partial charge in [-0.15, -0.1) is 35.3 Å². The van der Waals surface area contributed by atoms with Crippen LogP contribution in [0.15, 0.2) is 41.5 Å². The van der Waals surface area contributed by atoms with E-state index in [1.807, 2.05) is 24.4 Å². The van der Waals surface area contributed by atoms with Crippen LogP contribution in [0.2, 0.25) is 0 Å². The molecule has 28 heavy (non-hydrogen) atoms. The second-order valence-electron chi connectivity index (χ2n) is 6.71. The van der Waals surface area contributed by atoms with Gasteiger partial charge in [-0.05, 0) is 18.9 Å². The number of hydrogen-bond donors (Lipinski definition) is 2. The summed E-state index contributed by atoms with van der Waals surface area (Å²) in [7, 11) is 3.47. The molecule has 1 unspecified atom stereocenters. The van der Waals surface area contributed by atoms with E-state index in [1.54, 1.807) is 30.3 Å². The minimum absolute atomic E-state index is 0. The van der Waals surface area contributed by atoms with Crippen LogP contribution >= 0.6 is 35.3 Å². The normalized spacial score (nSPS) is 12.1. The molecule has 2 aromatic rings. The number of rotatable bonds is 8. The Hall–Kier alpha value is -1.68. The SMILES string of the molecule is Cc1cnc(C(C)CNC(=NCC(=O)N(C)C)NCCc2ccccc2)s1.I. The van der Waals surface area contributed by atoms with Gasteiger partial charge in [0.25, 0.3) is 0 Å². The minimum Gasteiger partial charge on any atom is -0.356 e. The summed E-state index contributed by atoms with van der Waals surface area (Å²) in [5.74, 6) is 0.901. The number of hydrogen-bond acceptors (Lipinski definition) is 4. The van der Waals surface area contributed by atoms with Crippen LogP contribution in [0, 0.1) is 6.92 Å². The van der Waals surface area contributed by atoms with E-state index in [4.69, 9.17) is 0 Å². The Morgan fingerprint density at radius 3 is 2.57 bits per heavy atom. The van der Waals surface area contributed by atoms with Crippen molar-refractivity contribution in [1.82, 2.24) is 20.5 Å². The molecule has 154 valence electrons. The maximum Gasteiger partial charge on any atom is 0.243 e. The number of carbonyl (C=O) groups is 1. The minimum atomic E-state index is -0.0252. The van der Waals surface area contributed by atoms with Gasteiger partial charge in [0, 0.05) is 44.2 Å². The third kappa shape index (κ3) is 8.55. The van der Waals surface area contributed by atoms with Crippen molar-refractivity contribution in [3.8, 4) is 0 Å². The smallest absolute Gasteiger partial charge is 0.243 e. The van der Waals surface area contributed by atoms with Gasteiger partial charge >= 0.3 is 0 Å². The van der Waals surface area contributed by atoms with Crippen molar-refractivity contribution in [1.29, 1.82) is 0 Å². The van der Waals surface area contributed by atoms with Crippen molar-refractivity contribution in [2.75, 3.05) is 33.7 Å². The predicted molar refractivity (Wildman–Crippen MR) is 128 cm³/mol. The molecule has 1 aromatic heterocycles. The monoisotopic (exact) mass is 515 g/mol. The van der Waals surface area contributed by atoms with Gasteiger partial charge in [-0.2, -0.15) is 0 Å². The van der Waals surface area contributed by atoms with Crippen LogP contribution in [0.3, 0.4) is 0 Å². The van der Waals surface area contributed by atoms with Crippen LogP contribution < -0.4 is 10.6 Å². The third-order valence-corrected chi connectivity index (χ3v) is 5.20. The lowest BCUT2D eigenvalue weighted by molar-refractivity contribution is -0.127. The lowest BCUT2D eigenvalue weighted by Gasteiger charge is -2.16. The van der Waals surface area contributed by atoms with Gasteiger partial charge in [-0.25, -0.2) is 9.98 Å². The molecule has 0 aliphatic carbocycles. The van der Waals surface area contributed by atoms with Crippen molar-refractivity contribution < 1.29 is 4.79 Å². The van der Waals surface area contributed by atoms with E-state index >= 15 is 0 Å². The average Bonchev–Trinajstić information content (AvgIpc) is 3.10. The Kier molecular flexibility index (Phi) is 11.1. The van der Waals surface area contributed by atoms with Gasteiger partial charge in [0.05, 0.1) is 5.01 Å². The third-order valence-electron chi connectivity index (χ3n) is 4.06. The molecule has 0 aliphatic rings. The fraction of sp³-hybridized carbons (Fsp3) is 0.450. The van der Waals surface area contributed by atoms with Crippen LogP contribution in [-0.2, 0) is 11.2 Å². The summed E-state index contributed by atoms with van der Waals surface area (Å²) in [6.45, 7) is 5.78. The second-order valence-corrected chi connectivity index (χ2v) is 7.97. The van der Waals surface area contributed by atoms with E-state index in [1.165, 1.54) is 10.4 Å². The number of amides is 1. The number of guanidine groups is 1. The average molecular weight is 515 g/mol. The van der Waals surface area contributed by atoms with Gasteiger partial charge < -0.3 is 15.5 Å². The zero-order valence-corrected chi connectivity index (χ0v) is 20.1. The Morgan fingerprint density at radius 1 is 1.25 bits per heavy atom. The fourth-order valence-electron chi connectivity index (χ4n) is 2.37. The first-order valence-electron chi connectivity index (χ1n) is 9.14. The number of thiazole rings is 1. The van der Waals surface area contributed by atoms with Gasteiger partial charge in [-0.1, -0.05) is 37.3 Å². The maximum absolute atomic E-state index is 11.9. The fourth-order valence-corrected chi connectivity index (χ4v) is 3.19. The maximum atomic E-state index is 11.9. The lowest BCUT2D eigenvalue weighted by Crippen LogP contribution is -2.41. The Bertz CT molecular complexity index is 748. The summed E-state index contributed by atoms with van der Waals surface area (Å²) < 4.78 is 0. The lowest BCUT2D eigenvalue weighted by atomic mass is 10.1. The number of aryl methyl sites for hydroxylation is 1. The number of likely N-dealkylation sites (N-methyl/N-ethyl adjacent to an activating group) is 1.